The summed E-state index contributed by atoms with van der Waals surface area (Å²) in [7, 11) is 1.65. The van der Waals surface area contributed by atoms with Crippen LogP contribution < -0.4 is 15.4 Å². The molecule has 6 nitrogen and oxygen atoms in total. The summed E-state index contributed by atoms with van der Waals surface area (Å²) in [5.41, 5.74) is 2.44. The lowest BCUT2D eigenvalue weighted by atomic mass is 9.97. The standard InChI is InChI=1S/C18H23N5O/c1-24-16-9-7-15(8-10-16)21-18-22-17(13-20-23-18)19-12-11-14-5-3-2-4-6-14/h5,7-10,13H,2-4,6,11-12H2,1H3,(H2,19,21,22,23). The van der Waals surface area contributed by atoms with E-state index >= 15 is 0 Å². The van der Waals surface area contributed by atoms with Gasteiger partial charge in [-0.05, 0) is 56.4 Å². The quantitative estimate of drug-likeness (QED) is 0.752. The lowest BCUT2D eigenvalue weighted by molar-refractivity contribution is 0.415. The molecule has 0 amide bonds. The van der Waals surface area contributed by atoms with E-state index in [0.29, 0.717) is 5.95 Å². The lowest BCUT2D eigenvalue weighted by Crippen LogP contribution is -2.08. The van der Waals surface area contributed by atoms with Gasteiger partial charge in [0.1, 0.15) is 5.75 Å². The first-order chi connectivity index (χ1) is 11.8. The van der Waals surface area contributed by atoms with E-state index in [-0.39, 0.29) is 0 Å². The highest BCUT2D eigenvalue weighted by molar-refractivity contribution is 5.55. The van der Waals surface area contributed by atoms with Crippen LogP contribution in [0.25, 0.3) is 0 Å². The molecular weight excluding hydrogens is 302 g/mol. The molecule has 0 bridgehead atoms. The Labute approximate surface area is 142 Å². The fraction of sp³-hybridized carbons (Fsp3) is 0.389. The van der Waals surface area contributed by atoms with Crippen LogP contribution in [0.5, 0.6) is 5.75 Å². The second-order valence-corrected chi connectivity index (χ2v) is 5.80. The van der Waals surface area contributed by atoms with Gasteiger partial charge in [-0.3, -0.25) is 0 Å². The van der Waals surface area contributed by atoms with Crippen molar-refractivity contribution in [2.75, 3.05) is 24.3 Å². The summed E-state index contributed by atoms with van der Waals surface area (Å²) in [5, 5.41) is 14.5. The third-order valence-electron chi connectivity index (χ3n) is 4.04. The van der Waals surface area contributed by atoms with E-state index in [9.17, 15) is 0 Å². The highest BCUT2D eigenvalue weighted by atomic mass is 16.5. The van der Waals surface area contributed by atoms with E-state index in [1.165, 1.54) is 25.7 Å². The molecule has 1 aliphatic rings. The average Bonchev–Trinajstić information content (AvgIpc) is 2.64. The third-order valence-corrected chi connectivity index (χ3v) is 4.04. The van der Waals surface area contributed by atoms with Gasteiger partial charge in [0.25, 0.3) is 0 Å². The fourth-order valence-corrected chi connectivity index (χ4v) is 2.73. The van der Waals surface area contributed by atoms with E-state index < -0.39 is 0 Å². The predicted molar refractivity (Wildman–Crippen MR) is 95.8 cm³/mol. The first-order valence-electron chi connectivity index (χ1n) is 8.36. The summed E-state index contributed by atoms with van der Waals surface area (Å²) in [6.45, 7) is 0.868. The zero-order valence-electron chi connectivity index (χ0n) is 14.0. The van der Waals surface area contributed by atoms with Crippen LogP contribution in [0.3, 0.4) is 0 Å². The predicted octanol–water partition coefficient (Wildman–Crippen LogP) is 3.93. The number of anilines is 3. The molecule has 1 aromatic carbocycles. The summed E-state index contributed by atoms with van der Waals surface area (Å²) in [5.74, 6) is 2.02. The van der Waals surface area contributed by atoms with Crippen LogP contribution in [0.15, 0.2) is 42.1 Å². The molecule has 0 spiro atoms. The number of nitrogens with zero attached hydrogens (tertiary/aromatic N) is 3. The van der Waals surface area contributed by atoms with Crippen molar-refractivity contribution in [2.24, 2.45) is 0 Å². The number of hydrogen-bond donors (Lipinski definition) is 2. The van der Waals surface area contributed by atoms with E-state index in [1.54, 1.807) is 18.9 Å². The molecule has 0 unspecified atom stereocenters. The fourth-order valence-electron chi connectivity index (χ4n) is 2.73. The SMILES string of the molecule is COc1ccc(Nc2nncc(NCCC3=CCCCC3)n2)cc1. The Morgan fingerprint density at radius 2 is 2.04 bits per heavy atom. The minimum absolute atomic E-state index is 0.474. The molecule has 0 aliphatic heterocycles. The van der Waals surface area contributed by atoms with Crippen molar-refractivity contribution in [3.63, 3.8) is 0 Å². The number of rotatable bonds is 7. The zero-order chi connectivity index (χ0) is 16.6. The molecule has 6 heteroatoms. The maximum atomic E-state index is 5.15. The number of ether oxygens (including phenoxy) is 1. The third kappa shape index (κ3) is 4.68. The summed E-state index contributed by atoms with van der Waals surface area (Å²) < 4.78 is 5.15. The number of allylic oxidation sites excluding steroid dienone is 1. The molecule has 1 heterocycles. The first kappa shape index (κ1) is 16.2. The molecule has 2 aromatic rings. The lowest BCUT2D eigenvalue weighted by Gasteiger charge is -2.13. The van der Waals surface area contributed by atoms with Gasteiger partial charge in [-0.1, -0.05) is 11.6 Å². The van der Waals surface area contributed by atoms with Crippen molar-refractivity contribution in [3.05, 3.63) is 42.1 Å². The maximum Gasteiger partial charge on any atom is 0.249 e. The first-order valence-corrected chi connectivity index (χ1v) is 8.36. The summed E-state index contributed by atoms with van der Waals surface area (Å²) >= 11 is 0. The van der Waals surface area contributed by atoms with Gasteiger partial charge in [0, 0.05) is 12.2 Å². The summed E-state index contributed by atoms with van der Waals surface area (Å²) in [6.07, 6.45) is 10.2. The second-order valence-electron chi connectivity index (χ2n) is 5.80. The largest absolute Gasteiger partial charge is 0.497 e. The minimum Gasteiger partial charge on any atom is -0.497 e. The normalized spacial score (nSPS) is 14.0. The van der Waals surface area contributed by atoms with Crippen LogP contribution in [-0.2, 0) is 0 Å². The Hall–Kier alpha value is -2.63. The van der Waals surface area contributed by atoms with Crippen LogP contribution >= 0.6 is 0 Å². The maximum absolute atomic E-state index is 5.15. The van der Waals surface area contributed by atoms with Gasteiger partial charge >= 0.3 is 0 Å². The van der Waals surface area contributed by atoms with Gasteiger partial charge in [-0.2, -0.15) is 10.1 Å². The molecule has 1 aliphatic carbocycles. The van der Waals surface area contributed by atoms with E-state index in [1.807, 2.05) is 24.3 Å². The number of hydrogen-bond acceptors (Lipinski definition) is 6. The molecule has 0 fully saturated rings. The highest BCUT2D eigenvalue weighted by Crippen LogP contribution is 2.20. The Bertz CT molecular complexity index is 684. The highest BCUT2D eigenvalue weighted by Gasteiger charge is 2.05. The number of nitrogens with one attached hydrogen (secondary N) is 2. The van der Waals surface area contributed by atoms with Crippen molar-refractivity contribution >= 4 is 17.5 Å². The number of methoxy groups -OCH3 is 1. The second kappa shape index (κ2) is 8.29. The minimum atomic E-state index is 0.474. The topological polar surface area (TPSA) is 72.0 Å². The number of benzene rings is 1. The zero-order valence-corrected chi connectivity index (χ0v) is 14.0. The molecule has 0 radical (unpaired) electrons. The molecule has 1 aromatic heterocycles. The van der Waals surface area contributed by atoms with Crippen LogP contribution in [-0.4, -0.2) is 28.8 Å². The van der Waals surface area contributed by atoms with Gasteiger partial charge < -0.3 is 15.4 Å². The Morgan fingerprint density at radius 3 is 2.79 bits per heavy atom. The van der Waals surface area contributed by atoms with Crippen molar-refractivity contribution < 1.29 is 4.74 Å². The molecular formula is C18H23N5O. The van der Waals surface area contributed by atoms with E-state index in [2.05, 4.69) is 31.9 Å². The van der Waals surface area contributed by atoms with Gasteiger partial charge in [0.05, 0.1) is 13.3 Å². The molecule has 2 N–H and O–H groups in total. The van der Waals surface area contributed by atoms with Crippen molar-refractivity contribution in [1.82, 2.24) is 15.2 Å². The van der Waals surface area contributed by atoms with Gasteiger partial charge in [0.15, 0.2) is 5.82 Å². The molecule has 0 saturated carbocycles. The Morgan fingerprint density at radius 1 is 1.17 bits per heavy atom. The van der Waals surface area contributed by atoms with Crippen molar-refractivity contribution in [1.29, 1.82) is 0 Å². The van der Waals surface area contributed by atoms with Crippen LogP contribution in [0.4, 0.5) is 17.5 Å². The smallest absolute Gasteiger partial charge is 0.249 e. The Balaban J connectivity index is 1.54. The van der Waals surface area contributed by atoms with Crippen molar-refractivity contribution in [3.8, 4) is 5.75 Å². The monoisotopic (exact) mass is 325 g/mol. The summed E-state index contributed by atoms with van der Waals surface area (Å²) in [4.78, 5) is 4.45. The van der Waals surface area contributed by atoms with Gasteiger partial charge in [-0.25, -0.2) is 0 Å². The molecule has 0 saturated heterocycles. The Kier molecular flexibility index (Phi) is 5.61. The molecule has 24 heavy (non-hydrogen) atoms. The van der Waals surface area contributed by atoms with Crippen LogP contribution in [0.1, 0.15) is 32.1 Å². The van der Waals surface area contributed by atoms with Crippen LogP contribution in [0.2, 0.25) is 0 Å². The van der Waals surface area contributed by atoms with Gasteiger partial charge in [-0.15, -0.1) is 5.10 Å². The summed E-state index contributed by atoms with van der Waals surface area (Å²) in [6, 6.07) is 7.60. The van der Waals surface area contributed by atoms with E-state index in [0.717, 1.165) is 30.2 Å². The van der Waals surface area contributed by atoms with Gasteiger partial charge in [0.2, 0.25) is 5.95 Å². The molecule has 126 valence electrons. The van der Waals surface area contributed by atoms with Crippen molar-refractivity contribution in [2.45, 2.75) is 32.1 Å². The molecule has 3 rings (SSSR count). The average molecular weight is 325 g/mol. The van der Waals surface area contributed by atoms with Crippen LogP contribution in [0, 0.1) is 0 Å². The number of aromatic nitrogens is 3. The van der Waals surface area contributed by atoms with E-state index in [4.69, 9.17) is 4.74 Å². The molecule has 0 atom stereocenters.